The van der Waals surface area contributed by atoms with E-state index in [0.29, 0.717) is 24.2 Å². The van der Waals surface area contributed by atoms with Crippen LogP contribution in [0.5, 0.6) is 0 Å². The summed E-state index contributed by atoms with van der Waals surface area (Å²) < 4.78 is 26.7. The average molecular weight is 351 g/mol. The number of nitrogens with one attached hydrogen (secondary N) is 2. The number of sulfonamides is 1. The largest absolute Gasteiger partial charge is 0.337 e. The first kappa shape index (κ1) is 17.4. The Bertz CT molecular complexity index is 688. The van der Waals surface area contributed by atoms with E-state index in [1.54, 1.807) is 12.1 Å². The molecule has 1 amide bonds. The lowest BCUT2D eigenvalue weighted by molar-refractivity contribution is 0.0748. The molecule has 2 saturated heterocycles. The van der Waals surface area contributed by atoms with Gasteiger partial charge in [-0.1, -0.05) is 6.92 Å². The number of benzene rings is 1. The third kappa shape index (κ3) is 3.79. The molecule has 0 saturated carbocycles. The van der Waals surface area contributed by atoms with Crippen LogP contribution in [0, 0.1) is 0 Å². The number of carbonyl (C=O) groups is 1. The Hall–Kier alpha value is -1.44. The Kier molecular flexibility index (Phi) is 5.22. The van der Waals surface area contributed by atoms with Crippen molar-refractivity contribution >= 4 is 15.9 Å². The predicted molar refractivity (Wildman–Crippen MR) is 92.4 cm³/mol. The minimum Gasteiger partial charge on any atom is -0.337 e. The highest BCUT2D eigenvalue weighted by atomic mass is 32.2. The maximum atomic E-state index is 12.7. The smallest absolute Gasteiger partial charge is 0.253 e. The van der Waals surface area contributed by atoms with E-state index < -0.39 is 10.0 Å². The van der Waals surface area contributed by atoms with Crippen molar-refractivity contribution in [2.24, 2.45) is 0 Å². The predicted octanol–water partition coefficient (Wildman–Crippen LogP) is 1.34. The summed E-state index contributed by atoms with van der Waals surface area (Å²) in [5.41, 5.74) is 0.544. The standard InChI is InChI=1S/C17H25N3O3S/c1-2-10-18-24(22,23)16-7-3-13(4-8-16)17(21)20-11-9-14-5-6-15(12-20)19-14/h3-4,7-8,14-15,18-19H,2,5-6,9-12H2,1H3/t14-,15+/m1/s1. The number of rotatable bonds is 5. The summed E-state index contributed by atoms with van der Waals surface area (Å²) in [4.78, 5) is 14.8. The molecule has 1 aromatic rings. The van der Waals surface area contributed by atoms with Crippen LogP contribution in [0.1, 0.15) is 43.0 Å². The first-order valence-electron chi connectivity index (χ1n) is 8.64. The molecule has 2 aliphatic rings. The van der Waals surface area contributed by atoms with Gasteiger partial charge in [-0.2, -0.15) is 0 Å². The Morgan fingerprint density at radius 1 is 1.21 bits per heavy atom. The summed E-state index contributed by atoms with van der Waals surface area (Å²) in [6, 6.07) is 7.16. The number of hydrogen-bond donors (Lipinski definition) is 2. The fourth-order valence-corrected chi connectivity index (χ4v) is 4.54. The van der Waals surface area contributed by atoms with Gasteiger partial charge in [0.05, 0.1) is 4.90 Å². The second-order valence-corrected chi connectivity index (χ2v) is 8.37. The van der Waals surface area contributed by atoms with E-state index in [9.17, 15) is 13.2 Å². The van der Waals surface area contributed by atoms with Gasteiger partial charge in [0.25, 0.3) is 5.91 Å². The summed E-state index contributed by atoms with van der Waals surface area (Å²) in [6.07, 6.45) is 4.04. The van der Waals surface area contributed by atoms with E-state index in [-0.39, 0.29) is 10.8 Å². The van der Waals surface area contributed by atoms with Crippen molar-refractivity contribution in [3.8, 4) is 0 Å². The highest BCUT2D eigenvalue weighted by Crippen LogP contribution is 2.22. The molecule has 0 spiro atoms. The second-order valence-electron chi connectivity index (χ2n) is 6.60. The molecule has 1 aromatic carbocycles. The molecule has 3 rings (SSSR count). The maximum Gasteiger partial charge on any atom is 0.253 e. The van der Waals surface area contributed by atoms with Gasteiger partial charge < -0.3 is 10.2 Å². The van der Waals surface area contributed by atoms with Crippen LogP contribution in [0.25, 0.3) is 0 Å². The van der Waals surface area contributed by atoms with Crippen LogP contribution < -0.4 is 10.0 Å². The molecule has 2 aliphatic heterocycles. The van der Waals surface area contributed by atoms with Gasteiger partial charge >= 0.3 is 0 Å². The summed E-state index contributed by atoms with van der Waals surface area (Å²) >= 11 is 0. The molecule has 6 nitrogen and oxygen atoms in total. The third-order valence-corrected chi connectivity index (χ3v) is 6.24. The van der Waals surface area contributed by atoms with Gasteiger partial charge in [0.2, 0.25) is 10.0 Å². The topological polar surface area (TPSA) is 78.5 Å². The normalized spacial score (nSPS) is 24.0. The molecular formula is C17H25N3O3S. The zero-order chi connectivity index (χ0) is 17.2. The van der Waals surface area contributed by atoms with E-state index in [1.165, 1.54) is 18.6 Å². The van der Waals surface area contributed by atoms with E-state index in [1.807, 2.05) is 11.8 Å². The van der Waals surface area contributed by atoms with Gasteiger partial charge in [-0.3, -0.25) is 4.79 Å². The lowest BCUT2D eigenvalue weighted by Gasteiger charge is -2.24. The van der Waals surface area contributed by atoms with Crippen molar-refractivity contribution in [3.05, 3.63) is 29.8 Å². The summed E-state index contributed by atoms with van der Waals surface area (Å²) in [6.45, 7) is 3.80. The van der Waals surface area contributed by atoms with Crippen LogP contribution in [0.15, 0.2) is 29.2 Å². The van der Waals surface area contributed by atoms with Crippen LogP contribution >= 0.6 is 0 Å². The summed E-state index contributed by atoms with van der Waals surface area (Å²) in [7, 11) is -3.49. The molecule has 0 unspecified atom stereocenters. The van der Waals surface area contributed by atoms with Gasteiger partial charge in [-0.15, -0.1) is 0 Å². The molecule has 2 fully saturated rings. The van der Waals surface area contributed by atoms with Crippen LogP contribution in [0.3, 0.4) is 0 Å². The number of fused-ring (bicyclic) bond motifs is 2. The van der Waals surface area contributed by atoms with Gasteiger partial charge in [-0.05, 0) is 49.9 Å². The number of likely N-dealkylation sites (tertiary alicyclic amines) is 1. The molecular weight excluding hydrogens is 326 g/mol. The van der Waals surface area contributed by atoms with Crippen molar-refractivity contribution in [2.45, 2.75) is 49.6 Å². The lowest BCUT2D eigenvalue weighted by atomic mass is 10.1. The van der Waals surface area contributed by atoms with Crippen molar-refractivity contribution in [1.82, 2.24) is 14.9 Å². The van der Waals surface area contributed by atoms with E-state index >= 15 is 0 Å². The molecule has 2 bridgehead atoms. The molecule has 132 valence electrons. The highest BCUT2D eigenvalue weighted by molar-refractivity contribution is 7.89. The molecule has 0 aromatic heterocycles. The molecule has 0 aliphatic carbocycles. The first-order valence-corrected chi connectivity index (χ1v) is 10.1. The molecule has 2 N–H and O–H groups in total. The van der Waals surface area contributed by atoms with Gasteiger partial charge in [-0.25, -0.2) is 13.1 Å². The Balaban J connectivity index is 1.70. The van der Waals surface area contributed by atoms with Crippen LogP contribution in [-0.2, 0) is 10.0 Å². The quantitative estimate of drug-likeness (QED) is 0.839. The molecule has 24 heavy (non-hydrogen) atoms. The van der Waals surface area contributed by atoms with Crippen LogP contribution in [0.4, 0.5) is 0 Å². The zero-order valence-corrected chi connectivity index (χ0v) is 14.8. The molecule has 0 radical (unpaired) electrons. The first-order chi connectivity index (χ1) is 11.5. The Morgan fingerprint density at radius 2 is 1.92 bits per heavy atom. The van der Waals surface area contributed by atoms with Crippen LogP contribution in [-0.4, -0.2) is 50.9 Å². The van der Waals surface area contributed by atoms with E-state index in [0.717, 1.165) is 32.4 Å². The fourth-order valence-electron chi connectivity index (χ4n) is 3.41. The maximum absolute atomic E-state index is 12.7. The van der Waals surface area contributed by atoms with Crippen molar-refractivity contribution < 1.29 is 13.2 Å². The minimum absolute atomic E-state index is 0.0187. The molecule has 2 heterocycles. The summed E-state index contributed by atoms with van der Waals surface area (Å²) in [5.74, 6) is -0.0187. The van der Waals surface area contributed by atoms with Crippen molar-refractivity contribution in [1.29, 1.82) is 0 Å². The Labute approximate surface area is 143 Å². The lowest BCUT2D eigenvalue weighted by Crippen LogP contribution is -2.39. The third-order valence-electron chi connectivity index (χ3n) is 4.76. The van der Waals surface area contributed by atoms with Gasteiger partial charge in [0.1, 0.15) is 0 Å². The number of carbonyl (C=O) groups excluding carboxylic acids is 1. The van der Waals surface area contributed by atoms with Crippen molar-refractivity contribution in [2.75, 3.05) is 19.6 Å². The van der Waals surface area contributed by atoms with E-state index in [4.69, 9.17) is 0 Å². The zero-order valence-electron chi connectivity index (χ0n) is 14.0. The average Bonchev–Trinajstić information content (AvgIpc) is 2.91. The second kappa shape index (κ2) is 7.21. The number of hydrogen-bond acceptors (Lipinski definition) is 4. The Morgan fingerprint density at radius 3 is 2.62 bits per heavy atom. The van der Waals surface area contributed by atoms with E-state index in [2.05, 4.69) is 10.0 Å². The van der Waals surface area contributed by atoms with Crippen molar-refractivity contribution in [3.63, 3.8) is 0 Å². The minimum atomic E-state index is -3.49. The van der Waals surface area contributed by atoms with Gasteiger partial charge in [0.15, 0.2) is 0 Å². The van der Waals surface area contributed by atoms with Crippen LogP contribution in [0.2, 0.25) is 0 Å². The summed E-state index contributed by atoms with van der Waals surface area (Å²) in [5, 5.41) is 3.56. The SMILES string of the molecule is CCCNS(=O)(=O)c1ccc(C(=O)N2CC[C@H]3CC[C@@H](C2)N3)cc1. The highest BCUT2D eigenvalue weighted by Gasteiger charge is 2.31. The molecule has 7 heteroatoms. The monoisotopic (exact) mass is 351 g/mol. The fraction of sp³-hybridized carbons (Fsp3) is 0.588. The van der Waals surface area contributed by atoms with Gasteiger partial charge in [0, 0.05) is 37.3 Å². The number of amides is 1. The molecule has 2 atom stereocenters. The number of nitrogens with zero attached hydrogens (tertiary/aromatic N) is 1.